The molecule has 4 heteroatoms. The lowest BCUT2D eigenvalue weighted by atomic mass is 9.79. The smallest absolute Gasteiger partial charge is 0.123 e. The number of fused-ring (bicyclic) bond motifs is 2. The van der Waals surface area contributed by atoms with Crippen molar-refractivity contribution in [1.29, 1.82) is 0 Å². The zero-order valence-corrected chi connectivity index (χ0v) is 14.9. The minimum atomic E-state index is -0.194. The van der Waals surface area contributed by atoms with Crippen LogP contribution in [0.3, 0.4) is 0 Å². The molecule has 2 aliphatic carbocycles. The number of hydrogen-bond acceptors (Lipinski definition) is 4. The Bertz CT molecular complexity index is 617. The highest BCUT2D eigenvalue weighted by atomic mass is 16.5. The second-order valence-corrected chi connectivity index (χ2v) is 7.72. The topological polar surface area (TPSA) is 41.9 Å². The molecule has 24 heavy (non-hydrogen) atoms. The lowest BCUT2D eigenvalue weighted by Crippen LogP contribution is -2.51. The van der Waals surface area contributed by atoms with Gasteiger partial charge >= 0.3 is 0 Å². The summed E-state index contributed by atoms with van der Waals surface area (Å²) in [5.41, 5.74) is 4.16. The molecule has 3 atom stereocenters. The molecule has 1 heterocycles. The second-order valence-electron chi connectivity index (χ2n) is 7.72. The zero-order valence-electron chi connectivity index (χ0n) is 14.9. The monoisotopic (exact) mass is 331 g/mol. The molecule has 1 N–H and O–H groups in total. The van der Waals surface area contributed by atoms with E-state index in [4.69, 9.17) is 9.47 Å². The molecule has 4 nitrogen and oxygen atoms in total. The van der Waals surface area contributed by atoms with E-state index < -0.39 is 0 Å². The molecular weight excluding hydrogens is 302 g/mol. The van der Waals surface area contributed by atoms with Gasteiger partial charge in [-0.05, 0) is 62.1 Å². The Kier molecular flexibility index (Phi) is 4.31. The van der Waals surface area contributed by atoms with Gasteiger partial charge in [0.05, 0.1) is 18.8 Å². The van der Waals surface area contributed by atoms with Gasteiger partial charge in [0, 0.05) is 31.8 Å². The van der Waals surface area contributed by atoms with Crippen molar-refractivity contribution in [1.82, 2.24) is 4.90 Å². The summed E-state index contributed by atoms with van der Waals surface area (Å²) in [6.45, 7) is 1.92. The van der Waals surface area contributed by atoms with Crippen LogP contribution in [0.5, 0.6) is 5.75 Å². The molecule has 1 aromatic rings. The molecule has 132 valence electrons. The largest absolute Gasteiger partial charge is 0.496 e. The number of aryl methyl sites for hydroxylation is 2. The average Bonchev–Trinajstić information content (AvgIpc) is 3.19. The van der Waals surface area contributed by atoms with Crippen molar-refractivity contribution >= 4 is 0 Å². The Hall–Kier alpha value is -1.10. The number of aliphatic hydroxyl groups is 1. The van der Waals surface area contributed by atoms with E-state index in [-0.39, 0.29) is 11.7 Å². The molecule has 0 spiro atoms. The van der Waals surface area contributed by atoms with Gasteiger partial charge in [-0.15, -0.1) is 0 Å². The van der Waals surface area contributed by atoms with Gasteiger partial charge < -0.3 is 14.6 Å². The van der Waals surface area contributed by atoms with E-state index >= 15 is 0 Å². The van der Waals surface area contributed by atoms with Crippen LogP contribution >= 0.6 is 0 Å². The Morgan fingerprint density at radius 3 is 2.75 bits per heavy atom. The van der Waals surface area contributed by atoms with Crippen molar-refractivity contribution in [3.05, 3.63) is 28.8 Å². The Morgan fingerprint density at radius 2 is 2.00 bits per heavy atom. The molecule has 2 fully saturated rings. The molecule has 0 aromatic heterocycles. The summed E-state index contributed by atoms with van der Waals surface area (Å²) in [5, 5.41) is 10.2. The summed E-state index contributed by atoms with van der Waals surface area (Å²) in [6.07, 6.45) is 7.14. The fraction of sp³-hybridized carbons (Fsp3) is 0.700. The van der Waals surface area contributed by atoms with E-state index in [0.717, 1.165) is 44.5 Å². The summed E-state index contributed by atoms with van der Waals surface area (Å²) in [4.78, 5) is 2.51. The quantitative estimate of drug-likeness (QED) is 0.921. The number of rotatable bonds is 4. The first kappa shape index (κ1) is 16.4. The number of methoxy groups -OCH3 is 2. The molecule has 0 amide bonds. The standard InChI is InChI=1S/C20H29NO3/c1-23-18-11-15-5-3-4-14(15)10-16(18)13-21-9-8-20(24-2)7-6-17(22)12-19(20)21/h10-11,17,19,22H,3-9,12-13H2,1-2H3/t17-,19-,20+/m0/s1. The molecule has 0 bridgehead atoms. The molecule has 1 saturated carbocycles. The Labute approximate surface area is 144 Å². The van der Waals surface area contributed by atoms with E-state index in [1.807, 2.05) is 7.11 Å². The van der Waals surface area contributed by atoms with Crippen LogP contribution in [0.4, 0.5) is 0 Å². The van der Waals surface area contributed by atoms with Crippen molar-refractivity contribution in [3.63, 3.8) is 0 Å². The van der Waals surface area contributed by atoms with Gasteiger partial charge in [-0.1, -0.05) is 6.07 Å². The van der Waals surface area contributed by atoms with E-state index in [2.05, 4.69) is 17.0 Å². The number of benzene rings is 1. The van der Waals surface area contributed by atoms with Crippen LogP contribution < -0.4 is 4.74 Å². The molecule has 0 radical (unpaired) electrons. The molecule has 1 aromatic carbocycles. The molecule has 4 rings (SSSR count). The first-order valence-electron chi connectivity index (χ1n) is 9.31. The minimum Gasteiger partial charge on any atom is -0.496 e. The van der Waals surface area contributed by atoms with Crippen molar-refractivity contribution in [2.24, 2.45) is 0 Å². The van der Waals surface area contributed by atoms with Crippen molar-refractivity contribution in [2.45, 2.75) is 69.2 Å². The number of ether oxygens (including phenoxy) is 2. The highest BCUT2D eigenvalue weighted by molar-refractivity contribution is 5.45. The van der Waals surface area contributed by atoms with E-state index in [1.54, 1.807) is 7.11 Å². The van der Waals surface area contributed by atoms with Crippen LogP contribution in [0.25, 0.3) is 0 Å². The highest BCUT2D eigenvalue weighted by Gasteiger charge is 2.50. The second kappa shape index (κ2) is 6.32. The van der Waals surface area contributed by atoms with Crippen molar-refractivity contribution in [2.75, 3.05) is 20.8 Å². The number of likely N-dealkylation sites (tertiary alicyclic amines) is 1. The normalized spacial score (nSPS) is 32.6. The predicted molar refractivity (Wildman–Crippen MR) is 93.4 cm³/mol. The van der Waals surface area contributed by atoms with Crippen LogP contribution in [-0.2, 0) is 24.1 Å². The van der Waals surface area contributed by atoms with Crippen LogP contribution in [-0.4, -0.2) is 48.5 Å². The Balaban J connectivity index is 1.59. The lowest BCUT2D eigenvalue weighted by molar-refractivity contribution is -0.0879. The zero-order chi connectivity index (χ0) is 16.7. The molecule has 0 unspecified atom stereocenters. The summed E-state index contributed by atoms with van der Waals surface area (Å²) >= 11 is 0. The van der Waals surface area contributed by atoms with Gasteiger partial charge in [0.2, 0.25) is 0 Å². The summed E-state index contributed by atoms with van der Waals surface area (Å²) < 4.78 is 11.6. The summed E-state index contributed by atoms with van der Waals surface area (Å²) in [6, 6.07) is 4.91. The minimum absolute atomic E-state index is 0.0663. The van der Waals surface area contributed by atoms with E-state index in [1.165, 1.54) is 36.0 Å². The molecule has 3 aliphatic rings. The van der Waals surface area contributed by atoms with Gasteiger partial charge in [-0.2, -0.15) is 0 Å². The molecule has 1 saturated heterocycles. The third-order valence-electron chi connectivity index (χ3n) is 6.54. The van der Waals surface area contributed by atoms with Gasteiger partial charge in [-0.25, -0.2) is 0 Å². The van der Waals surface area contributed by atoms with Gasteiger partial charge in [0.25, 0.3) is 0 Å². The van der Waals surface area contributed by atoms with Crippen LogP contribution in [0.15, 0.2) is 12.1 Å². The summed E-state index contributed by atoms with van der Waals surface area (Å²) in [5.74, 6) is 1.02. The molecule has 1 aliphatic heterocycles. The van der Waals surface area contributed by atoms with Crippen LogP contribution in [0.1, 0.15) is 48.8 Å². The third-order valence-corrected chi connectivity index (χ3v) is 6.54. The predicted octanol–water partition coefficient (Wildman–Crippen LogP) is 2.69. The first-order valence-corrected chi connectivity index (χ1v) is 9.31. The van der Waals surface area contributed by atoms with Gasteiger partial charge in [0.1, 0.15) is 5.75 Å². The van der Waals surface area contributed by atoms with Crippen LogP contribution in [0.2, 0.25) is 0 Å². The summed E-state index contributed by atoms with van der Waals surface area (Å²) in [7, 11) is 3.61. The van der Waals surface area contributed by atoms with Gasteiger partial charge in [-0.3, -0.25) is 4.90 Å². The molecular formula is C20H29NO3. The lowest BCUT2D eigenvalue weighted by Gasteiger charge is -2.42. The highest BCUT2D eigenvalue weighted by Crippen LogP contribution is 2.43. The van der Waals surface area contributed by atoms with Crippen molar-refractivity contribution < 1.29 is 14.6 Å². The number of nitrogens with zero attached hydrogens (tertiary/aromatic N) is 1. The van der Waals surface area contributed by atoms with E-state index in [0.29, 0.717) is 6.04 Å². The SMILES string of the molecule is COc1cc2c(cc1CN1CC[C@]3(OC)CC[C@H](O)C[C@H]13)CCC2. The van der Waals surface area contributed by atoms with E-state index in [9.17, 15) is 5.11 Å². The Morgan fingerprint density at radius 1 is 1.21 bits per heavy atom. The maximum Gasteiger partial charge on any atom is 0.123 e. The number of aliphatic hydroxyl groups excluding tert-OH is 1. The fourth-order valence-electron chi connectivity index (χ4n) is 5.14. The van der Waals surface area contributed by atoms with Gasteiger partial charge in [0.15, 0.2) is 0 Å². The number of hydrogen-bond donors (Lipinski definition) is 1. The fourth-order valence-corrected chi connectivity index (χ4v) is 5.14. The average molecular weight is 331 g/mol. The maximum absolute atomic E-state index is 10.2. The van der Waals surface area contributed by atoms with Crippen LogP contribution in [0, 0.1) is 0 Å². The maximum atomic E-state index is 10.2. The third kappa shape index (κ3) is 2.65. The first-order chi connectivity index (χ1) is 11.6. The van der Waals surface area contributed by atoms with Crippen molar-refractivity contribution in [3.8, 4) is 5.75 Å².